The van der Waals surface area contributed by atoms with Crippen LogP contribution in [0.4, 0.5) is 0 Å². The normalized spacial score (nSPS) is 20.7. The highest BCUT2D eigenvalue weighted by molar-refractivity contribution is 5.81. The minimum absolute atomic E-state index is 0.00438. The number of benzene rings is 1. The Morgan fingerprint density at radius 2 is 2.15 bits per heavy atom. The highest BCUT2D eigenvalue weighted by Gasteiger charge is 2.21. The van der Waals surface area contributed by atoms with Gasteiger partial charge < -0.3 is 20.1 Å². The molecule has 0 aromatic heterocycles. The van der Waals surface area contributed by atoms with E-state index in [9.17, 15) is 4.79 Å². The van der Waals surface area contributed by atoms with Crippen LogP contribution < -0.4 is 20.1 Å². The van der Waals surface area contributed by atoms with E-state index in [4.69, 9.17) is 9.47 Å². The van der Waals surface area contributed by atoms with Crippen molar-refractivity contribution in [1.82, 2.24) is 10.6 Å². The molecule has 1 saturated heterocycles. The van der Waals surface area contributed by atoms with E-state index in [2.05, 4.69) is 10.6 Å². The molecule has 3 rings (SSSR count). The van der Waals surface area contributed by atoms with E-state index in [-0.39, 0.29) is 11.9 Å². The van der Waals surface area contributed by atoms with Gasteiger partial charge in [0, 0.05) is 6.54 Å². The zero-order chi connectivity index (χ0) is 13.8. The third kappa shape index (κ3) is 3.04. The van der Waals surface area contributed by atoms with Crippen molar-refractivity contribution in [2.45, 2.75) is 25.3 Å². The van der Waals surface area contributed by atoms with Crippen LogP contribution in [0.3, 0.4) is 0 Å². The van der Waals surface area contributed by atoms with Crippen LogP contribution >= 0.6 is 0 Å². The summed E-state index contributed by atoms with van der Waals surface area (Å²) in [4.78, 5) is 11.8. The van der Waals surface area contributed by atoms with Gasteiger partial charge in [-0.15, -0.1) is 0 Å². The second kappa shape index (κ2) is 6.13. The van der Waals surface area contributed by atoms with Gasteiger partial charge in [-0.1, -0.05) is 6.07 Å². The van der Waals surface area contributed by atoms with Crippen LogP contribution in [0.25, 0.3) is 0 Å². The summed E-state index contributed by atoms with van der Waals surface area (Å²) in [6.45, 7) is 2.80. The lowest BCUT2D eigenvalue weighted by atomic mass is 10.1. The summed E-state index contributed by atoms with van der Waals surface area (Å²) in [5, 5.41) is 6.18. The number of hydrogen-bond acceptors (Lipinski definition) is 4. The first-order valence-electron chi connectivity index (χ1n) is 7.22. The summed E-state index contributed by atoms with van der Waals surface area (Å²) in [6.07, 6.45) is 2.82. The Morgan fingerprint density at radius 1 is 1.30 bits per heavy atom. The lowest BCUT2D eigenvalue weighted by molar-refractivity contribution is -0.122. The van der Waals surface area contributed by atoms with Crippen LogP contribution in [0, 0.1) is 0 Å². The van der Waals surface area contributed by atoms with Gasteiger partial charge in [-0.3, -0.25) is 4.79 Å². The molecule has 1 fully saturated rings. The number of nitrogens with one attached hydrogen (secondary N) is 2. The van der Waals surface area contributed by atoms with Crippen LogP contribution in [0.15, 0.2) is 18.2 Å². The molecule has 0 bridgehead atoms. The molecule has 2 heterocycles. The highest BCUT2D eigenvalue weighted by Crippen LogP contribution is 2.30. The standard InChI is InChI=1S/C15H20N2O3/c18-15(12-2-1-6-16-12)17-7-5-11-3-4-13-14(10-11)20-9-8-19-13/h3-4,10,12,16H,1-2,5-9H2,(H,17,18). The Morgan fingerprint density at radius 3 is 2.95 bits per heavy atom. The lowest BCUT2D eigenvalue weighted by Gasteiger charge is -2.19. The first kappa shape index (κ1) is 13.2. The van der Waals surface area contributed by atoms with E-state index in [1.54, 1.807) is 0 Å². The molecule has 20 heavy (non-hydrogen) atoms. The summed E-state index contributed by atoms with van der Waals surface area (Å²) in [5.41, 5.74) is 1.15. The number of carbonyl (C=O) groups is 1. The van der Waals surface area contributed by atoms with Gasteiger partial charge in [-0.25, -0.2) is 0 Å². The average molecular weight is 276 g/mol. The molecule has 0 spiro atoms. The van der Waals surface area contributed by atoms with Crippen molar-refractivity contribution in [2.24, 2.45) is 0 Å². The molecule has 1 aromatic carbocycles. The summed E-state index contributed by atoms with van der Waals surface area (Å²) < 4.78 is 11.0. The molecule has 0 saturated carbocycles. The lowest BCUT2D eigenvalue weighted by Crippen LogP contribution is -2.41. The molecule has 0 radical (unpaired) electrons. The number of carbonyl (C=O) groups excluding carboxylic acids is 1. The molecular weight excluding hydrogens is 256 g/mol. The van der Waals surface area contributed by atoms with Gasteiger partial charge in [0.1, 0.15) is 13.2 Å². The van der Waals surface area contributed by atoms with Gasteiger partial charge in [-0.2, -0.15) is 0 Å². The van der Waals surface area contributed by atoms with Crippen LogP contribution in [-0.2, 0) is 11.2 Å². The monoisotopic (exact) mass is 276 g/mol. The summed E-state index contributed by atoms with van der Waals surface area (Å²) >= 11 is 0. The number of hydrogen-bond donors (Lipinski definition) is 2. The fourth-order valence-corrected chi connectivity index (χ4v) is 2.60. The number of ether oxygens (including phenoxy) is 2. The first-order valence-corrected chi connectivity index (χ1v) is 7.22. The minimum Gasteiger partial charge on any atom is -0.486 e. The van der Waals surface area contributed by atoms with E-state index >= 15 is 0 Å². The van der Waals surface area contributed by atoms with Crippen molar-refractivity contribution < 1.29 is 14.3 Å². The minimum atomic E-state index is -0.00438. The highest BCUT2D eigenvalue weighted by atomic mass is 16.6. The Bertz CT molecular complexity index is 484. The predicted molar refractivity (Wildman–Crippen MR) is 75.2 cm³/mol. The second-order valence-electron chi connectivity index (χ2n) is 5.17. The fraction of sp³-hybridized carbons (Fsp3) is 0.533. The fourth-order valence-electron chi connectivity index (χ4n) is 2.60. The smallest absolute Gasteiger partial charge is 0.237 e. The Hall–Kier alpha value is -1.75. The predicted octanol–water partition coefficient (Wildman–Crippen LogP) is 0.868. The van der Waals surface area contributed by atoms with E-state index in [1.165, 1.54) is 0 Å². The van der Waals surface area contributed by atoms with Gasteiger partial charge in [0.15, 0.2) is 11.5 Å². The summed E-state index contributed by atoms with van der Waals surface area (Å²) in [5.74, 6) is 1.72. The third-order valence-corrected chi connectivity index (χ3v) is 3.70. The van der Waals surface area contributed by atoms with Crippen LogP contribution in [0.1, 0.15) is 18.4 Å². The van der Waals surface area contributed by atoms with E-state index in [0.717, 1.165) is 42.9 Å². The molecule has 5 nitrogen and oxygen atoms in total. The topological polar surface area (TPSA) is 59.6 Å². The molecule has 2 N–H and O–H groups in total. The zero-order valence-electron chi connectivity index (χ0n) is 11.5. The molecule has 2 aliphatic heterocycles. The van der Waals surface area contributed by atoms with Crippen molar-refractivity contribution in [1.29, 1.82) is 0 Å². The zero-order valence-corrected chi connectivity index (χ0v) is 11.5. The van der Waals surface area contributed by atoms with Crippen molar-refractivity contribution in [3.05, 3.63) is 23.8 Å². The second-order valence-corrected chi connectivity index (χ2v) is 5.17. The van der Waals surface area contributed by atoms with Gasteiger partial charge in [-0.05, 0) is 43.5 Å². The maximum absolute atomic E-state index is 11.8. The first-order chi connectivity index (χ1) is 9.83. The molecule has 1 amide bonds. The van der Waals surface area contributed by atoms with Gasteiger partial charge in [0.2, 0.25) is 5.91 Å². The SMILES string of the molecule is O=C(NCCc1ccc2c(c1)OCCO2)C1CCCN1. The number of fused-ring (bicyclic) bond motifs is 1. The molecule has 1 atom stereocenters. The Labute approximate surface area is 118 Å². The van der Waals surface area contributed by atoms with Crippen molar-refractivity contribution in [3.63, 3.8) is 0 Å². The number of rotatable bonds is 4. The molecular formula is C15H20N2O3. The molecule has 0 aliphatic carbocycles. The average Bonchev–Trinajstić information content (AvgIpc) is 3.01. The van der Waals surface area contributed by atoms with E-state index in [0.29, 0.717) is 19.8 Å². The quantitative estimate of drug-likeness (QED) is 0.856. The van der Waals surface area contributed by atoms with Crippen LogP contribution in [0.5, 0.6) is 11.5 Å². The summed E-state index contributed by atoms with van der Waals surface area (Å²) in [6, 6.07) is 5.95. The molecule has 5 heteroatoms. The summed E-state index contributed by atoms with van der Waals surface area (Å²) in [7, 11) is 0. The van der Waals surface area contributed by atoms with Crippen LogP contribution in [0.2, 0.25) is 0 Å². The largest absolute Gasteiger partial charge is 0.486 e. The Kier molecular flexibility index (Phi) is 4.06. The van der Waals surface area contributed by atoms with Crippen molar-refractivity contribution in [2.75, 3.05) is 26.3 Å². The van der Waals surface area contributed by atoms with Crippen molar-refractivity contribution >= 4 is 5.91 Å². The molecule has 1 aromatic rings. The van der Waals surface area contributed by atoms with E-state index < -0.39 is 0 Å². The van der Waals surface area contributed by atoms with Gasteiger partial charge >= 0.3 is 0 Å². The van der Waals surface area contributed by atoms with Crippen molar-refractivity contribution in [3.8, 4) is 11.5 Å². The molecule has 1 unspecified atom stereocenters. The number of amides is 1. The van der Waals surface area contributed by atoms with Gasteiger partial charge in [0.05, 0.1) is 6.04 Å². The van der Waals surface area contributed by atoms with Crippen LogP contribution in [-0.4, -0.2) is 38.3 Å². The van der Waals surface area contributed by atoms with Gasteiger partial charge in [0.25, 0.3) is 0 Å². The molecule has 2 aliphatic rings. The maximum Gasteiger partial charge on any atom is 0.237 e. The third-order valence-electron chi connectivity index (χ3n) is 3.70. The molecule has 108 valence electrons. The van der Waals surface area contributed by atoms with E-state index in [1.807, 2.05) is 18.2 Å². The maximum atomic E-state index is 11.8. The Balaban J connectivity index is 1.49.